The number of aliphatic hydroxyl groups is 3. The Hall–Kier alpha value is -6.51. The van der Waals surface area contributed by atoms with Crippen LogP contribution in [-0.4, -0.2) is 151 Å². The zero-order valence-electron chi connectivity index (χ0n) is 45.6. The van der Waals surface area contributed by atoms with Gasteiger partial charge in [-0.1, -0.05) is 31.9 Å². The molecule has 0 aliphatic carbocycles. The maximum atomic E-state index is 13.6. The molecule has 1 aromatic carbocycles. The second-order valence-electron chi connectivity index (χ2n) is 20.2. The monoisotopic (exact) mass is 1250 g/mol. The quantitative estimate of drug-likeness (QED) is 0.107. The number of nitrogens with zero attached hydrogens (tertiary/aromatic N) is 6. The molecule has 4 fully saturated rings. The number of aromatic nitrogens is 6. The van der Waals surface area contributed by atoms with Gasteiger partial charge in [0.15, 0.2) is 5.60 Å². The summed E-state index contributed by atoms with van der Waals surface area (Å²) in [5.41, 5.74) is -2.59. The summed E-state index contributed by atoms with van der Waals surface area (Å²) in [5, 5.41) is 38.0. The van der Waals surface area contributed by atoms with E-state index in [4.69, 9.17) is 41.3 Å². The molecule has 32 heteroatoms. The van der Waals surface area contributed by atoms with Crippen molar-refractivity contribution in [1.82, 2.24) is 43.8 Å². The summed E-state index contributed by atoms with van der Waals surface area (Å²) in [7, 11) is 0. The molecule has 0 spiro atoms. The van der Waals surface area contributed by atoms with Crippen LogP contribution in [0.2, 0.25) is 5.02 Å². The molecule has 26 nitrogen and oxygen atoms in total. The van der Waals surface area contributed by atoms with Gasteiger partial charge in [0.25, 0.3) is 16.7 Å². The first-order valence-corrected chi connectivity index (χ1v) is 26.6. The van der Waals surface area contributed by atoms with Crippen molar-refractivity contribution in [3.05, 3.63) is 121 Å². The van der Waals surface area contributed by atoms with Gasteiger partial charge in [-0.05, 0) is 87.9 Å². The topological polar surface area (TPSA) is 406 Å². The van der Waals surface area contributed by atoms with Crippen molar-refractivity contribution in [1.29, 1.82) is 5.41 Å². The third-order valence-corrected chi connectivity index (χ3v) is 15.9. The van der Waals surface area contributed by atoms with Crippen molar-refractivity contribution in [3.8, 4) is 17.1 Å². The molecule has 13 N–H and O–H groups in total. The van der Waals surface area contributed by atoms with Crippen molar-refractivity contribution in [3.63, 3.8) is 0 Å². The molecule has 5 aromatic rings. The van der Waals surface area contributed by atoms with Gasteiger partial charge < -0.3 is 70.2 Å². The van der Waals surface area contributed by atoms with Gasteiger partial charge in [0.1, 0.15) is 35.3 Å². The van der Waals surface area contributed by atoms with Crippen molar-refractivity contribution in [2.45, 2.75) is 134 Å². The van der Waals surface area contributed by atoms with Crippen molar-refractivity contribution in [2.75, 3.05) is 39.3 Å². The zero-order chi connectivity index (χ0) is 56.7. The number of likely N-dealkylation sites (tertiary alicyclic amines) is 3. The van der Waals surface area contributed by atoms with Crippen molar-refractivity contribution in [2.24, 2.45) is 0 Å². The Balaban J connectivity index is 0.000000309. The number of esters is 1. The standard InChI is InChI=1S/C33H38N4O6.C10H11F3N2O5.C9H11ClN4O2.2ClH.3H2O/c1-3-22-23-16-21(43-32(40)36-14-10-20(11-15-36)35-12-6-5-7-13-35)8-9-27(23)34-29-24(22)18-37-28(29)17-26-25(30(37)38)19-42-31(39)33(26,41)4-2;11-10(12,13)4-2-15(9(19)14-8(4)18)7-1-5(17)6(3-16)20-7;10-7-5(12-9(16)13-8(7)15)4-14-3-1-2-6(14)11;;;;;/h8-9,16-17,20,41H,3-7,10-15,18-19H2,1-2H3;2,5-7,16-17H,1,3H2,(H,14,18,19);11H,1-4H2,(H2,12,13,15,16);2*1H;3*1H2/t33-;5-,6+,7+;;;;;;/m00....../s1. The Morgan fingerprint density at radius 2 is 1.62 bits per heavy atom. The number of amides is 1. The van der Waals surface area contributed by atoms with Gasteiger partial charge >= 0.3 is 29.6 Å². The first-order valence-electron chi connectivity index (χ1n) is 26.2. The van der Waals surface area contributed by atoms with Gasteiger partial charge in [0.05, 0.1) is 59.8 Å². The highest BCUT2D eigenvalue weighted by Crippen LogP contribution is 2.41. The Kier molecular flexibility index (Phi) is 23.8. The molecular weight excluding hydrogens is 1180 g/mol. The Morgan fingerprint density at radius 3 is 2.23 bits per heavy atom. The lowest BCUT2D eigenvalue weighted by Gasteiger charge is -2.39. The number of aromatic amines is 3. The predicted octanol–water partition coefficient (Wildman–Crippen LogP) is 1.95. The number of hydrogen-bond acceptors (Lipinski definition) is 16. The van der Waals surface area contributed by atoms with E-state index < -0.39 is 70.9 Å². The van der Waals surface area contributed by atoms with Crippen LogP contribution in [0.5, 0.6) is 5.75 Å². The minimum Gasteiger partial charge on any atom is -0.458 e. The second-order valence-corrected chi connectivity index (χ2v) is 20.6. The van der Waals surface area contributed by atoms with Crippen LogP contribution in [0.4, 0.5) is 18.0 Å². The first-order chi connectivity index (χ1) is 37.6. The van der Waals surface area contributed by atoms with Crippen LogP contribution in [0.1, 0.15) is 111 Å². The van der Waals surface area contributed by atoms with E-state index in [1.54, 1.807) is 33.5 Å². The lowest BCUT2D eigenvalue weighted by atomic mass is 9.86. The summed E-state index contributed by atoms with van der Waals surface area (Å²) >= 11 is 5.78. The molecule has 4 saturated heterocycles. The van der Waals surface area contributed by atoms with E-state index in [-0.39, 0.29) is 77.4 Å². The number of ether oxygens (including phenoxy) is 3. The maximum absolute atomic E-state index is 13.6. The molecule has 84 heavy (non-hydrogen) atoms. The summed E-state index contributed by atoms with van der Waals surface area (Å²) in [6, 6.07) is 7.77. The number of cyclic esters (lactones) is 1. The van der Waals surface area contributed by atoms with Crippen LogP contribution in [0, 0.1) is 5.41 Å². The number of carbonyl (C=O) groups is 2. The lowest BCUT2D eigenvalue weighted by molar-refractivity contribution is -0.172. The minimum atomic E-state index is -4.92. The summed E-state index contributed by atoms with van der Waals surface area (Å²) in [5.74, 6) is 0.246. The number of pyridine rings is 2. The highest BCUT2D eigenvalue weighted by Gasteiger charge is 2.46. The van der Waals surface area contributed by atoms with Gasteiger partial charge in [-0.3, -0.25) is 34.3 Å². The summed E-state index contributed by atoms with van der Waals surface area (Å²) in [4.78, 5) is 101. The molecule has 6 aliphatic rings. The summed E-state index contributed by atoms with van der Waals surface area (Å²) < 4.78 is 56.1. The van der Waals surface area contributed by atoms with Gasteiger partial charge in [-0.25, -0.2) is 24.2 Å². The normalized spacial score (nSPS) is 20.8. The zero-order valence-corrected chi connectivity index (χ0v) is 48.0. The van der Waals surface area contributed by atoms with Crippen LogP contribution in [-0.2, 0) is 52.2 Å². The van der Waals surface area contributed by atoms with Gasteiger partial charge in [-0.15, -0.1) is 24.8 Å². The van der Waals surface area contributed by atoms with E-state index in [1.165, 1.54) is 32.4 Å². The molecule has 4 aromatic heterocycles. The SMILES string of the molecule is CCc1c2c(nc3ccc(OC(=O)N4CCC(N5CCCCC5)CC4)cc13)-c1cc3c(c(=O)n1C2)COC(=O)[C@]3(O)CC.Cl.Cl.N=C1CCCN1Cc1[nH]c(=O)[nH]c(=O)c1Cl.O.O.O.O=c1[nH]c(=O)n([C@H]2C[C@H](O)[C@@H](CO)O2)cc1C(F)(F)F. The molecule has 0 radical (unpaired) electrons. The van der Waals surface area contributed by atoms with Gasteiger partial charge in [-0.2, -0.15) is 13.2 Å². The van der Waals surface area contributed by atoms with Gasteiger partial charge in [0.2, 0.25) is 0 Å². The van der Waals surface area contributed by atoms with Crippen LogP contribution in [0.15, 0.2) is 54.4 Å². The summed E-state index contributed by atoms with van der Waals surface area (Å²) in [6.07, 6.45) is -0.130. The van der Waals surface area contributed by atoms with E-state index in [0.717, 1.165) is 54.3 Å². The number of nitrogens with one attached hydrogen (secondary N) is 4. The molecule has 0 saturated carbocycles. The fourth-order valence-electron chi connectivity index (χ4n) is 11.1. The fourth-order valence-corrected chi connectivity index (χ4v) is 11.3. The van der Waals surface area contributed by atoms with E-state index in [9.17, 15) is 56.9 Å². The highest BCUT2D eigenvalue weighted by molar-refractivity contribution is 6.31. The average Bonchev–Trinajstić information content (AvgIpc) is 1.62. The van der Waals surface area contributed by atoms with Crippen LogP contribution < -0.4 is 32.8 Å². The molecule has 0 bridgehead atoms. The summed E-state index contributed by atoms with van der Waals surface area (Å²) in [6.45, 7) is 8.17. The van der Waals surface area contributed by atoms with E-state index >= 15 is 0 Å². The lowest BCUT2D eigenvalue weighted by Crippen LogP contribution is -2.48. The number of amidine groups is 1. The molecule has 464 valence electrons. The number of carbonyl (C=O) groups excluding carboxylic acids is 2. The number of H-pyrrole nitrogens is 3. The average molecular weight is 1250 g/mol. The third-order valence-electron chi connectivity index (χ3n) is 15.5. The van der Waals surface area contributed by atoms with E-state index in [2.05, 4.69) is 16.8 Å². The maximum Gasteiger partial charge on any atom is 0.423 e. The number of aliphatic hydroxyl groups excluding tert-OH is 2. The fraction of sp³-hybridized carbons (Fsp3) is 0.519. The van der Waals surface area contributed by atoms with Crippen LogP contribution >= 0.6 is 36.4 Å². The molecular formula is C52H68Cl3F3N10O16. The molecule has 1 amide bonds. The highest BCUT2D eigenvalue weighted by atomic mass is 35.5. The van der Waals surface area contributed by atoms with E-state index in [0.29, 0.717) is 89.2 Å². The molecule has 10 heterocycles. The molecule has 0 unspecified atom stereocenters. The number of benzene rings is 1. The Labute approximate surface area is 492 Å². The number of hydrogen-bond donors (Lipinski definition) is 7. The van der Waals surface area contributed by atoms with Crippen molar-refractivity contribution >= 4 is 65.2 Å². The Bertz CT molecular complexity index is 3510. The predicted molar refractivity (Wildman–Crippen MR) is 303 cm³/mol. The number of halogens is 6. The number of rotatable bonds is 8. The molecule has 4 atom stereocenters. The minimum absolute atomic E-state index is 0. The molecule has 6 aliphatic heterocycles. The number of piperidine rings is 2. The largest absolute Gasteiger partial charge is 0.458 e. The van der Waals surface area contributed by atoms with Crippen LogP contribution in [0.25, 0.3) is 22.3 Å². The third kappa shape index (κ3) is 14.1. The smallest absolute Gasteiger partial charge is 0.423 e. The number of alkyl halides is 3. The van der Waals surface area contributed by atoms with Crippen molar-refractivity contribution < 1.29 is 68.7 Å². The Morgan fingerprint density at radius 1 is 0.929 bits per heavy atom. The van der Waals surface area contributed by atoms with E-state index in [1.807, 2.05) is 22.0 Å². The molecule has 11 rings (SSSR count). The van der Waals surface area contributed by atoms with Gasteiger partial charge in [0, 0.05) is 61.2 Å². The first kappa shape index (κ1) is 70.0. The van der Waals surface area contributed by atoms with Crippen LogP contribution in [0.3, 0.4) is 0 Å². The number of aryl methyl sites for hydroxylation is 1. The second kappa shape index (κ2) is 28.6. The number of fused-ring (bicyclic) bond motifs is 5.